The standard InChI is InChI=1S/C17H16ClN3O/c1-12-7-8-14(18)10-16(12)21-17(15(11-22)19-20-21)9-13-5-3-2-4-6-13/h2-8,10,22H,9,11H2,1H3. The number of hydrogen-bond donors (Lipinski definition) is 1. The largest absolute Gasteiger partial charge is 0.390 e. The Kier molecular flexibility index (Phi) is 4.22. The maximum absolute atomic E-state index is 9.54. The highest BCUT2D eigenvalue weighted by Gasteiger charge is 2.15. The van der Waals surface area contributed by atoms with Crippen LogP contribution in [0.25, 0.3) is 5.69 Å². The van der Waals surface area contributed by atoms with Crippen LogP contribution in [0.2, 0.25) is 5.02 Å². The van der Waals surface area contributed by atoms with Crippen LogP contribution in [0.1, 0.15) is 22.5 Å². The van der Waals surface area contributed by atoms with Crippen LogP contribution < -0.4 is 0 Å². The minimum atomic E-state index is -0.137. The maximum atomic E-state index is 9.54. The molecule has 0 amide bonds. The normalized spacial score (nSPS) is 10.9. The average molecular weight is 314 g/mol. The van der Waals surface area contributed by atoms with E-state index < -0.39 is 0 Å². The van der Waals surface area contributed by atoms with Crippen LogP contribution in [-0.2, 0) is 13.0 Å². The Morgan fingerprint density at radius 3 is 2.64 bits per heavy atom. The molecule has 2 aromatic carbocycles. The summed E-state index contributed by atoms with van der Waals surface area (Å²) in [4.78, 5) is 0. The molecule has 0 bridgehead atoms. The lowest BCUT2D eigenvalue weighted by molar-refractivity contribution is 0.275. The summed E-state index contributed by atoms with van der Waals surface area (Å²) in [6.07, 6.45) is 0.648. The van der Waals surface area contributed by atoms with Crippen molar-refractivity contribution >= 4 is 11.6 Å². The summed E-state index contributed by atoms with van der Waals surface area (Å²) in [7, 11) is 0. The molecule has 0 saturated carbocycles. The lowest BCUT2D eigenvalue weighted by Crippen LogP contribution is -2.06. The fourth-order valence-electron chi connectivity index (χ4n) is 2.43. The van der Waals surface area contributed by atoms with E-state index in [1.165, 1.54) is 0 Å². The zero-order chi connectivity index (χ0) is 15.5. The number of hydrogen-bond acceptors (Lipinski definition) is 3. The van der Waals surface area contributed by atoms with Crippen molar-refractivity contribution in [2.75, 3.05) is 0 Å². The molecule has 0 aliphatic carbocycles. The summed E-state index contributed by atoms with van der Waals surface area (Å²) >= 11 is 6.11. The highest BCUT2D eigenvalue weighted by molar-refractivity contribution is 6.30. The molecule has 1 N–H and O–H groups in total. The van der Waals surface area contributed by atoms with Crippen LogP contribution in [0.4, 0.5) is 0 Å². The van der Waals surface area contributed by atoms with Gasteiger partial charge in [0.2, 0.25) is 0 Å². The van der Waals surface area contributed by atoms with Gasteiger partial charge in [-0.1, -0.05) is 53.2 Å². The first-order chi connectivity index (χ1) is 10.7. The maximum Gasteiger partial charge on any atom is 0.112 e. The molecule has 0 aliphatic rings. The van der Waals surface area contributed by atoms with Crippen LogP contribution in [0.15, 0.2) is 48.5 Å². The first kappa shape index (κ1) is 14.8. The van der Waals surface area contributed by atoms with E-state index in [-0.39, 0.29) is 6.61 Å². The second-order valence-electron chi connectivity index (χ2n) is 5.15. The molecule has 0 radical (unpaired) electrons. The second kappa shape index (κ2) is 6.30. The van der Waals surface area contributed by atoms with Gasteiger partial charge in [-0.3, -0.25) is 0 Å². The molecule has 0 atom stereocenters. The van der Waals surface area contributed by atoms with Crippen LogP contribution in [-0.4, -0.2) is 20.1 Å². The van der Waals surface area contributed by atoms with Gasteiger partial charge in [-0.05, 0) is 30.2 Å². The van der Waals surface area contributed by atoms with Gasteiger partial charge in [0.1, 0.15) is 5.69 Å². The molecule has 4 nitrogen and oxygen atoms in total. The van der Waals surface area contributed by atoms with Crippen molar-refractivity contribution in [3.8, 4) is 5.69 Å². The monoisotopic (exact) mass is 313 g/mol. The fourth-order valence-corrected chi connectivity index (χ4v) is 2.59. The van der Waals surface area contributed by atoms with Crippen LogP contribution in [0.5, 0.6) is 0 Å². The Morgan fingerprint density at radius 2 is 1.91 bits per heavy atom. The topological polar surface area (TPSA) is 50.9 Å². The lowest BCUT2D eigenvalue weighted by Gasteiger charge is -2.11. The summed E-state index contributed by atoms with van der Waals surface area (Å²) in [5.41, 5.74) is 4.53. The van der Waals surface area contributed by atoms with Gasteiger partial charge in [0.15, 0.2) is 0 Å². The summed E-state index contributed by atoms with van der Waals surface area (Å²) in [5.74, 6) is 0. The smallest absolute Gasteiger partial charge is 0.112 e. The Morgan fingerprint density at radius 1 is 1.14 bits per heavy atom. The molecule has 112 valence electrons. The van der Waals surface area contributed by atoms with Crippen molar-refractivity contribution in [2.24, 2.45) is 0 Å². The number of benzene rings is 2. The van der Waals surface area contributed by atoms with Crippen molar-refractivity contribution in [1.29, 1.82) is 0 Å². The predicted molar refractivity (Wildman–Crippen MR) is 86.3 cm³/mol. The van der Waals surface area contributed by atoms with E-state index >= 15 is 0 Å². The van der Waals surface area contributed by atoms with Crippen LogP contribution >= 0.6 is 11.6 Å². The molecule has 3 aromatic rings. The van der Waals surface area contributed by atoms with E-state index in [1.54, 1.807) is 4.68 Å². The van der Waals surface area contributed by atoms with Gasteiger partial charge in [0.25, 0.3) is 0 Å². The highest BCUT2D eigenvalue weighted by atomic mass is 35.5. The summed E-state index contributed by atoms with van der Waals surface area (Å²) in [6.45, 7) is 1.86. The number of nitrogens with zero attached hydrogens (tertiary/aromatic N) is 3. The number of aryl methyl sites for hydroxylation is 1. The highest BCUT2D eigenvalue weighted by Crippen LogP contribution is 2.23. The molecule has 0 unspecified atom stereocenters. The average Bonchev–Trinajstić information content (AvgIpc) is 2.93. The molecule has 1 heterocycles. The van der Waals surface area contributed by atoms with Gasteiger partial charge < -0.3 is 5.11 Å². The molecule has 0 aliphatic heterocycles. The third kappa shape index (κ3) is 2.89. The molecule has 5 heteroatoms. The summed E-state index contributed by atoms with van der Waals surface area (Å²) in [5, 5.41) is 18.5. The van der Waals surface area contributed by atoms with E-state index in [9.17, 15) is 5.11 Å². The first-order valence-electron chi connectivity index (χ1n) is 7.04. The Labute approximate surface area is 134 Å². The van der Waals surface area contributed by atoms with Crippen LogP contribution in [0, 0.1) is 6.92 Å². The van der Waals surface area contributed by atoms with E-state index in [0.717, 1.165) is 22.5 Å². The predicted octanol–water partition coefficient (Wildman–Crippen LogP) is 3.31. The third-order valence-electron chi connectivity index (χ3n) is 3.61. The molecule has 3 rings (SSSR count). The summed E-state index contributed by atoms with van der Waals surface area (Å²) in [6, 6.07) is 15.7. The molecular weight excluding hydrogens is 298 g/mol. The number of aliphatic hydroxyl groups excluding tert-OH is 1. The molecule has 0 fully saturated rings. The summed E-state index contributed by atoms with van der Waals surface area (Å²) < 4.78 is 1.76. The van der Waals surface area contributed by atoms with Gasteiger partial charge >= 0.3 is 0 Å². The number of aromatic nitrogens is 3. The number of halogens is 1. The minimum absolute atomic E-state index is 0.137. The number of aliphatic hydroxyl groups is 1. The quantitative estimate of drug-likeness (QED) is 0.804. The van der Waals surface area contributed by atoms with E-state index in [4.69, 9.17) is 11.6 Å². The molecule has 1 aromatic heterocycles. The van der Waals surface area contributed by atoms with Gasteiger partial charge in [0, 0.05) is 11.4 Å². The number of rotatable bonds is 4. The SMILES string of the molecule is Cc1ccc(Cl)cc1-n1nnc(CO)c1Cc1ccccc1. The zero-order valence-electron chi connectivity index (χ0n) is 12.2. The van der Waals surface area contributed by atoms with E-state index in [1.807, 2.05) is 55.5 Å². The van der Waals surface area contributed by atoms with Crippen molar-refractivity contribution < 1.29 is 5.11 Å². The van der Waals surface area contributed by atoms with Crippen molar-refractivity contribution in [3.05, 3.63) is 76.1 Å². The molecule has 22 heavy (non-hydrogen) atoms. The van der Waals surface area contributed by atoms with Gasteiger partial charge in [-0.2, -0.15) is 0 Å². The van der Waals surface area contributed by atoms with Crippen molar-refractivity contribution in [3.63, 3.8) is 0 Å². The van der Waals surface area contributed by atoms with Crippen molar-refractivity contribution in [1.82, 2.24) is 15.0 Å². The van der Waals surface area contributed by atoms with Crippen LogP contribution in [0.3, 0.4) is 0 Å². The zero-order valence-corrected chi connectivity index (χ0v) is 13.0. The van der Waals surface area contributed by atoms with Crippen molar-refractivity contribution in [2.45, 2.75) is 20.0 Å². The van der Waals surface area contributed by atoms with Gasteiger partial charge in [0.05, 0.1) is 18.0 Å². The lowest BCUT2D eigenvalue weighted by atomic mass is 10.1. The Bertz CT molecular complexity index is 784. The Hall–Kier alpha value is -2.17. The molecule has 0 spiro atoms. The van der Waals surface area contributed by atoms with Gasteiger partial charge in [-0.25, -0.2) is 4.68 Å². The molecular formula is C17H16ClN3O. The van der Waals surface area contributed by atoms with E-state index in [2.05, 4.69) is 10.3 Å². The van der Waals surface area contributed by atoms with E-state index in [0.29, 0.717) is 17.1 Å². The first-order valence-corrected chi connectivity index (χ1v) is 7.41. The third-order valence-corrected chi connectivity index (χ3v) is 3.84. The molecule has 0 saturated heterocycles. The second-order valence-corrected chi connectivity index (χ2v) is 5.58. The minimum Gasteiger partial charge on any atom is -0.390 e. The fraction of sp³-hybridized carbons (Fsp3) is 0.176. The van der Waals surface area contributed by atoms with Gasteiger partial charge in [-0.15, -0.1) is 5.10 Å². The Balaban J connectivity index is 2.09.